The van der Waals surface area contributed by atoms with Crippen LogP contribution in [0.4, 0.5) is 21.8 Å². The fraction of sp³-hybridized carbons (Fsp3) is 0. The number of anilines is 3. The molecule has 3 N–H and O–H groups in total. The van der Waals surface area contributed by atoms with Crippen LogP contribution in [-0.4, -0.2) is 19.6 Å². The van der Waals surface area contributed by atoms with E-state index in [0.717, 1.165) is 0 Å². The normalized spacial score (nSPS) is 11.2. The first-order valence-corrected chi connectivity index (χ1v) is 8.16. The number of nitrogens with one attached hydrogen (secondary N) is 1. The summed E-state index contributed by atoms with van der Waals surface area (Å²) in [5.41, 5.74) is 7.08. The van der Waals surface area contributed by atoms with Gasteiger partial charge in [0.2, 0.25) is 0 Å². The summed E-state index contributed by atoms with van der Waals surface area (Å²) in [4.78, 5) is 4.20. The second-order valence-electron chi connectivity index (χ2n) is 5.08. The van der Waals surface area contributed by atoms with E-state index < -0.39 is 5.82 Å². The van der Waals surface area contributed by atoms with Gasteiger partial charge in [-0.25, -0.2) is 9.37 Å². The van der Waals surface area contributed by atoms with E-state index in [4.69, 9.17) is 21.8 Å². The average molecular weight is 424 g/mol. The molecular weight excluding hydrogens is 415 g/mol. The zero-order chi connectivity index (χ0) is 17.6. The van der Waals surface area contributed by atoms with Gasteiger partial charge in [0.1, 0.15) is 10.8 Å². The number of rotatable bonds is 3. The predicted octanol–water partition coefficient (Wildman–Crippen LogP) is 4.27. The zero-order valence-corrected chi connectivity index (χ0v) is 14.7. The average Bonchev–Trinajstić information content (AvgIpc) is 3.20. The number of nitrogens with zero attached hydrogens (tertiary/aromatic N) is 4. The first-order chi connectivity index (χ1) is 12.0. The van der Waals surface area contributed by atoms with E-state index in [-0.39, 0.29) is 22.6 Å². The molecule has 0 atom stereocenters. The topological polar surface area (TPSA) is 94.3 Å². The Morgan fingerprint density at radius 3 is 2.88 bits per heavy atom. The molecule has 4 rings (SSSR count). The number of nitrogen functional groups attached to an aromatic ring is 1. The van der Waals surface area contributed by atoms with Crippen LogP contribution in [0.2, 0.25) is 5.02 Å². The van der Waals surface area contributed by atoms with Crippen LogP contribution < -0.4 is 11.1 Å². The van der Waals surface area contributed by atoms with Gasteiger partial charge >= 0.3 is 6.01 Å². The summed E-state index contributed by atoms with van der Waals surface area (Å²) in [5, 5.41) is 10.8. The van der Waals surface area contributed by atoms with Crippen molar-refractivity contribution in [3.8, 4) is 11.5 Å². The van der Waals surface area contributed by atoms with Gasteiger partial charge in [-0.3, -0.25) is 0 Å². The Hall–Kier alpha value is -2.65. The van der Waals surface area contributed by atoms with E-state index in [1.54, 1.807) is 35.1 Å². The molecule has 126 valence electrons. The molecule has 0 spiro atoms. The van der Waals surface area contributed by atoms with Crippen LogP contribution in [0.1, 0.15) is 0 Å². The number of fused-ring (bicyclic) bond motifs is 1. The van der Waals surface area contributed by atoms with E-state index in [9.17, 15) is 4.39 Å². The van der Waals surface area contributed by atoms with Crippen LogP contribution in [0.15, 0.2) is 45.7 Å². The summed E-state index contributed by atoms with van der Waals surface area (Å²) >= 11 is 9.70. The second kappa shape index (κ2) is 6.01. The molecule has 0 saturated heterocycles. The molecule has 1 aromatic carbocycles. The smallest absolute Gasteiger partial charge is 0.313 e. The summed E-state index contributed by atoms with van der Waals surface area (Å²) in [6.45, 7) is 0. The number of pyridine rings is 1. The molecule has 3 aromatic heterocycles. The van der Waals surface area contributed by atoms with Crippen molar-refractivity contribution in [2.45, 2.75) is 0 Å². The molecule has 0 amide bonds. The summed E-state index contributed by atoms with van der Waals surface area (Å²) in [6.07, 6.45) is 5.01. The highest BCUT2D eigenvalue weighted by Crippen LogP contribution is 2.38. The number of halogens is 3. The maximum absolute atomic E-state index is 14.2. The highest BCUT2D eigenvalue weighted by molar-refractivity contribution is 9.10. The Morgan fingerprint density at radius 2 is 2.16 bits per heavy atom. The predicted molar refractivity (Wildman–Crippen MR) is 95.3 cm³/mol. The molecule has 0 aliphatic rings. The summed E-state index contributed by atoms with van der Waals surface area (Å²) < 4.78 is 21.8. The van der Waals surface area contributed by atoms with Gasteiger partial charge in [-0.15, -0.1) is 5.10 Å². The van der Waals surface area contributed by atoms with Crippen LogP contribution in [0.3, 0.4) is 0 Å². The van der Waals surface area contributed by atoms with Gasteiger partial charge in [-0.1, -0.05) is 32.6 Å². The van der Waals surface area contributed by atoms with Crippen molar-refractivity contribution in [3.05, 3.63) is 52.1 Å². The SMILES string of the molecule is Nc1nnc(-c2cn3ccnc3c(Cl)c2Nc2ccc(Br)cc2F)o1. The minimum Gasteiger partial charge on any atom is -0.403 e. The van der Waals surface area contributed by atoms with E-state index in [1.807, 2.05) is 0 Å². The lowest BCUT2D eigenvalue weighted by Crippen LogP contribution is -2.00. The molecule has 3 heterocycles. The summed E-state index contributed by atoms with van der Waals surface area (Å²) in [6, 6.07) is 4.54. The molecule has 0 aliphatic heterocycles. The van der Waals surface area contributed by atoms with Crippen molar-refractivity contribution in [1.29, 1.82) is 0 Å². The minimum absolute atomic E-state index is 0.0855. The number of aromatic nitrogens is 4. The monoisotopic (exact) mass is 422 g/mol. The van der Waals surface area contributed by atoms with Gasteiger partial charge in [0, 0.05) is 23.1 Å². The molecular formula is C15H9BrClFN6O. The van der Waals surface area contributed by atoms with Crippen LogP contribution in [0, 0.1) is 5.82 Å². The number of hydrogen-bond donors (Lipinski definition) is 2. The first kappa shape index (κ1) is 15.9. The van der Waals surface area contributed by atoms with Gasteiger partial charge in [-0.2, -0.15) is 0 Å². The lowest BCUT2D eigenvalue weighted by atomic mass is 10.2. The fourth-order valence-electron chi connectivity index (χ4n) is 2.37. The summed E-state index contributed by atoms with van der Waals surface area (Å²) in [7, 11) is 0. The highest BCUT2D eigenvalue weighted by Gasteiger charge is 2.20. The Kier molecular flexibility index (Phi) is 3.81. The van der Waals surface area contributed by atoms with E-state index in [1.165, 1.54) is 6.07 Å². The molecule has 0 unspecified atom stereocenters. The van der Waals surface area contributed by atoms with Crippen molar-refractivity contribution >= 4 is 50.6 Å². The van der Waals surface area contributed by atoms with E-state index in [2.05, 4.69) is 36.4 Å². The van der Waals surface area contributed by atoms with Gasteiger partial charge in [0.25, 0.3) is 5.89 Å². The van der Waals surface area contributed by atoms with Gasteiger partial charge in [0.15, 0.2) is 5.65 Å². The Bertz CT molecular complexity index is 1100. The third-order valence-electron chi connectivity index (χ3n) is 3.48. The van der Waals surface area contributed by atoms with Gasteiger partial charge in [-0.05, 0) is 18.2 Å². The number of hydrogen-bond acceptors (Lipinski definition) is 6. The summed E-state index contributed by atoms with van der Waals surface area (Å²) in [5.74, 6) is -0.306. The number of nitrogens with two attached hydrogens (primary N) is 1. The minimum atomic E-state index is -0.454. The van der Waals surface area contributed by atoms with Crippen molar-refractivity contribution in [2.75, 3.05) is 11.1 Å². The molecule has 25 heavy (non-hydrogen) atoms. The Morgan fingerprint density at radius 1 is 1.32 bits per heavy atom. The molecule has 4 aromatic rings. The third-order valence-corrected chi connectivity index (χ3v) is 4.34. The van der Waals surface area contributed by atoms with Crippen LogP contribution >= 0.6 is 27.5 Å². The first-order valence-electron chi connectivity index (χ1n) is 6.99. The Labute approximate surface area is 153 Å². The lowest BCUT2D eigenvalue weighted by Gasteiger charge is -2.14. The number of imidazole rings is 1. The molecule has 10 heteroatoms. The molecule has 0 bridgehead atoms. The standard InChI is InChI=1S/C15H9BrClFN6O/c16-7-1-2-10(9(18)5-7)21-12-8(14-22-23-15(19)25-14)6-24-4-3-20-13(24)11(12)17/h1-6,21H,(H2,19,23). The van der Waals surface area contributed by atoms with Crippen LogP contribution in [-0.2, 0) is 0 Å². The zero-order valence-electron chi connectivity index (χ0n) is 12.4. The Balaban J connectivity index is 1.92. The maximum atomic E-state index is 14.2. The number of benzene rings is 1. The fourth-order valence-corrected chi connectivity index (χ4v) is 3.00. The third kappa shape index (κ3) is 2.81. The molecule has 0 radical (unpaired) electrons. The maximum Gasteiger partial charge on any atom is 0.313 e. The van der Waals surface area contributed by atoms with Crippen molar-refractivity contribution in [2.24, 2.45) is 0 Å². The molecule has 7 nitrogen and oxygen atoms in total. The van der Waals surface area contributed by atoms with Gasteiger partial charge in [0.05, 0.1) is 16.9 Å². The lowest BCUT2D eigenvalue weighted by molar-refractivity contribution is 0.590. The molecule has 0 aliphatic carbocycles. The van der Waals surface area contributed by atoms with Crippen molar-refractivity contribution < 1.29 is 8.81 Å². The largest absolute Gasteiger partial charge is 0.403 e. The van der Waals surface area contributed by atoms with Crippen molar-refractivity contribution in [1.82, 2.24) is 19.6 Å². The van der Waals surface area contributed by atoms with Crippen LogP contribution in [0.5, 0.6) is 0 Å². The quantitative estimate of drug-likeness (QED) is 0.511. The molecule has 0 saturated carbocycles. The van der Waals surface area contributed by atoms with E-state index >= 15 is 0 Å². The highest BCUT2D eigenvalue weighted by atomic mass is 79.9. The van der Waals surface area contributed by atoms with Crippen LogP contribution in [0.25, 0.3) is 17.1 Å². The van der Waals surface area contributed by atoms with Crippen molar-refractivity contribution in [3.63, 3.8) is 0 Å². The molecule has 0 fully saturated rings. The van der Waals surface area contributed by atoms with E-state index in [0.29, 0.717) is 21.4 Å². The van der Waals surface area contributed by atoms with Gasteiger partial charge < -0.3 is 19.9 Å². The second-order valence-corrected chi connectivity index (χ2v) is 6.38.